The van der Waals surface area contributed by atoms with E-state index in [1.54, 1.807) is 0 Å². The number of carbonyl (C=O) groups excluding carboxylic acids is 1. The molecule has 2 aromatic rings. The minimum absolute atomic E-state index is 0.0189. The number of nitrogens with zero attached hydrogens (tertiary/aromatic N) is 2. The predicted molar refractivity (Wildman–Crippen MR) is 103 cm³/mol. The molecule has 4 N–H and O–H groups in total. The standard InChI is InChI=1S/C19H23N3O4S/c20-18-21-11-14(27-18)16(24)22-10-8-15(23)19(12-22,17(25)26)9-4-7-13-5-2-1-3-6-13/h1-3,5-6,11,15,23H,4,7-10,12H2,(H2,20,21)(H,25,26)/t15-,19-/m1/s1. The number of carbonyl (C=O) groups is 2. The van der Waals surface area contributed by atoms with Gasteiger partial charge in [0.1, 0.15) is 10.3 Å². The van der Waals surface area contributed by atoms with Crippen molar-refractivity contribution in [3.05, 3.63) is 47.0 Å². The van der Waals surface area contributed by atoms with Gasteiger partial charge in [-0.3, -0.25) is 9.59 Å². The molecule has 1 saturated heterocycles. The molecular formula is C19H23N3O4S. The zero-order chi connectivity index (χ0) is 19.4. The topological polar surface area (TPSA) is 117 Å². The summed E-state index contributed by atoms with van der Waals surface area (Å²) in [6, 6.07) is 9.81. The molecule has 2 heterocycles. The summed E-state index contributed by atoms with van der Waals surface area (Å²) in [5.41, 5.74) is 5.35. The van der Waals surface area contributed by atoms with Crippen LogP contribution >= 0.6 is 11.3 Å². The van der Waals surface area contributed by atoms with Crippen molar-refractivity contribution in [3.8, 4) is 0 Å². The number of hydrogen-bond acceptors (Lipinski definition) is 6. The molecular weight excluding hydrogens is 366 g/mol. The summed E-state index contributed by atoms with van der Waals surface area (Å²) in [4.78, 5) is 30.6. The summed E-state index contributed by atoms with van der Waals surface area (Å²) in [7, 11) is 0. The van der Waals surface area contributed by atoms with Gasteiger partial charge in [-0.25, -0.2) is 4.98 Å². The van der Waals surface area contributed by atoms with E-state index in [0.29, 0.717) is 29.4 Å². The Morgan fingerprint density at radius 2 is 2.07 bits per heavy atom. The number of amides is 1. The third-order valence-electron chi connectivity index (χ3n) is 5.16. The van der Waals surface area contributed by atoms with Crippen LogP contribution in [0.25, 0.3) is 0 Å². The molecule has 1 aliphatic rings. The van der Waals surface area contributed by atoms with Crippen LogP contribution in [0.5, 0.6) is 0 Å². The average molecular weight is 389 g/mol. The zero-order valence-electron chi connectivity index (χ0n) is 14.9. The van der Waals surface area contributed by atoms with Crippen LogP contribution in [0.2, 0.25) is 0 Å². The number of carboxylic acids is 1. The highest BCUT2D eigenvalue weighted by atomic mass is 32.1. The van der Waals surface area contributed by atoms with Crippen LogP contribution < -0.4 is 5.73 Å². The maximum atomic E-state index is 12.7. The van der Waals surface area contributed by atoms with Crippen LogP contribution in [-0.4, -0.2) is 51.2 Å². The highest BCUT2D eigenvalue weighted by Crippen LogP contribution is 2.37. The number of carboxylic acid groups (broad SMARTS) is 1. The number of nitrogen functional groups attached to an aromatic ring is 1. The fourth-order valence-corrected chi connectivity index (χ4v) is 4.26. The summed E-state index contributed by atoms with van der Waals surface area (Å²) in [6.07, 6.45) is 2.29. The van der Waals surface area contributed by atoms with Gasteiger partial charge in [0.2, 0.25) is 0 Å². The normalized spacial score (nSPS) is 22.6. The molecule has 0 spiro atoms. The third kappa shape index (κ3) is 4.12. The lowest BCUT2D eigenvalue weighted by molar-refractivity contribution is -0.162. The number of hydrogen-bond donors (Lipinski definition) is 3. The van der Waals surface area contributed by atoms with E-state index < -0.39 is 17.5 Å². The second-order valence-corrected chi connectivity index (χ2v) is 7.96. The van der Waals surface area contributed by atoms with Gasteiger partial charge in [0.15, 0.2) is 5.13 Å². The molecule has 27 heavy (non-hydrogen) atoms. The number of anilines is 1. The summed E-state index contributed by atoms with van der Waals surface area (Å²) in [5, 5.41) is 20.7. The second kappa shape index (κ2) is 8.06. The number of rotatable bonds is 6. The van der Waals surface area contributed by atoms with Gasteiger partial charge in [-0.1, -0.05) is 41.7 Å². The minimum Gasteiger partial charge on any atom is -0.481 e. The van der Waals surface area contributed by atoms with E-state index in [0.717, 1.165) is 23.3 Å². The van der Waals surface area contributed by atoms with Crippen molar-refractivity contribution in [1.29, 1.82) is 0 Å². The smallest absolute Gasteiger partial charge is 0.314 e. The first-order valence-corrected chi connectivity index (χ1v) is 9.70. The van der Waals surface area contributed by atoms with Crippen LogP contribution in [-0.2, 0) is 11.2 Å². The van der Waals surface area contributed by atoms with E-state index in [2.05, 4.69) is 4.98 Å². The molecule has 2 atom stereocenters. The highest BCUT2D eigenvalue weighted by Gasteiger charge is 2.49. The molecule has 0 bridgehead atoms. The summed E-state index contributed by atoms with van der Waals surface area (Å²) < 4.78 is 0. The number of aliphatic hydroxyl groups is 1. The van der Waals surface area contributed by atoms with Crippen LogP contribution in [0.4, 0.5) is 5.13 Å². The van der Waals surface area contributed by atoms with Crippen molar-refractivity contribution in [1.82, 2.24) is 9.88 Å². The maximum absolute atomic E-state index is 12.7. The fourth-order valence-electron chi connectivity index (χ4n) is 3.61. The number of aliphatic hydroxyl groups excluding tert-OH is 1. The molecule has 1 aromatic carbocycles. The molecule has 1 amide bonds. The molecule has 0 aliphatic carbocycles. The number of aromatic nitrogens is 1. The Balaban J connectivity index is 1.73. The number of piperidine rings is 1. The molecule has 7 nitrogen and oxygen atoms in total. The summed E-state index contributed by atoms with van der Waals surface area (Å²) in [6.45, 7) is 0.292. The van der Waals surface area contributed by atoms with E-state index in [1.165, 1.54) is 11.1 Å². The van der Waals surface area contributed by atoms with E-state index in [4.69, 9.17) is 5.73 Å². The summed E-state index contributed by atoms with van der Waals surface area (Å²) >= 11 is 1.08. The summed E-state index contributed by atoms with van der Waals surface area (Å²) in [5.74, 6) is -1.35. The Kier molecular flexibility index (Phi) is 5.76. The Labute approximate surface area is 161 Å². The van der Waals surface area contributed by atoms with E-state index in [1.807, 2.05) is 30.3 Å². The van der Waals surface area contributed by atoms with Crippen molar-refractivity contribution in [2.45, 2.75) is 31.8 Å². The largest absolute Gasteiger partial charge is 0.481 e. The van der Waals surface area contributed by atoms with Gasteiger partial charge in [0.25, 0.3) is 5.91 Å². The van der Waals surface area contributed by atoms with Crippen LogP contribution in [0, 0.1) is 5.41 Å². The van der Waals surface area contributed by atoms with Gasteiger partial charge in [-0.15, -0.1) is 0 Å². The number of nitrogens with two attached hydrogens (primary N) is 1. The monoisotopic (exact) mass is 389 g/mol. The lowest BCUT2D eigenvalue weighted by Gasteiger charge is -2.43. The molecule has 144 valence electrons. The average Bonchev–Trinajstić information content (AvgIpc) is 3.10. The third-order valence-corrected chi connectivity index (χ3v) is 5.98. The molecule has 1 fully saturated rings. The van der Waals surface area contributed by atoms with Crippen molar-refractivity contribution >= 4 is 28.3 Å². The van der Waals surface area contributed by atoms with Gasteiger partial charge in [-0.05, 0) is 31.2 Å². The van der Waals surface area contributed by atoms with Gasteiger partial charge in [0, 0.05) is 13.1 Å². The SMILES string of the molecule is Nc1ncc(C(=O)N2CC[C@@H](O)[C@](CCCc3ccccc3)(C(=O)O)C2)s1. The Morgan fingerprint density at radius 1 is 1.33 bits per heavy atom. The van der Waals surface area contributed by atoms with Gasteiger partial charge < -0.3 is 20.8 Å². The lowest BCUT2D eigenvalue weighted by atomic mass is 9.73. The Bertz CT molecular complexity index is 810. The highest BCUT2D eigenvalue weighted by molar-refractivity contribution is 7.17. The van der Waals surface area contributed by atoms with Crippen LogP contribution in [0.15, 0.2) is 36.5 Å². The molecule has 3 rings (SSSR count). The van der Waals surface area contributed by atoms with Crippen LogP contribution in [0.1, 0.15) is 34.5 Å². The van der Waals surface area contributed by atoms with Crippen LogP contribution in [0.3, 0.4) is 0 Å². The number of likely N-dealkylation sites (tertiary alicyclic amines) is 1. The maximum Gasteiger partial charge on any atom is 0.314 e. The molecule has 1 aliphatic heterocycles. The Hall–Kier alpha value is -2.45. The molecule has 0 saturated carbocycles. The lowest BCUT2D eigenvalue weighted by Crippen LogP contribution is -2.57. The fraction of sp³-hybridized carbons (Fsp3) is 0.421. The van der Waals surface area contributed by atoms with Gasteiger partial charge in [0.05, 0.1) is 12.3 Å². The number of aliphatic carboxylic acids is 1. The Morgan fingerprint density at radius 3 is 2.70 bits per heavy atom. The quantitative estimate of drug-likeness (QED) is 0.696. The van der Waals surface area contributed by atoms with Crippen molar-refractivity contribution < 1.29 is 19.8 Å². The van der Waals surface area contributed by atoms with Crippen molar-refractivity contribution in [2.75, 3.05) is 18.8 Å². The van der Waals surface area contributed by atoms with Gasteiger partial charge in [-0.2, -0.15) is 0 Å². The number of thiazole rings is 1. The predicted octanol–water partition coefficient (Wildman–Crippen LogP) is 2.03. The first-order chi connectivity index (χ1) is 12.9. The number of benzene rings is 1. The molecule has 0 radical (unpaired) electrons. The van der Waals surface area contributed by atoms with Crippen molar-refractivity contribution in [2.24, 2.45) is 5.41 Å². The minimum atomic E-state index is -1.36. The van der Waals surface area contributed by atoms with Gasteiger partial charge >= 0.3 is 5.97 Å². The van der Waals surface area contributed by atoms with E-state index in [9.17, 15) is 19.8 Å². The molecule has 8 heteroatoms. The zero-order valence-corrected chi connectivity index (χ0v) is 15.7. The second-order valence-electron chi connectivity index (χ2n) is 6.89. The first kappa shape index (κ1) is 19.3. The molecule has 1 aromatic heterocycles. The van der Waals surface area contributed by atoms with E-state index in [-0.39, 0.29) is 18.9 Å². The van der Waals surface area contributed by atoms with Crippen molar-refractivity contribution in [3.63, 3.8) is 0 Å². The molecule has 0 unspecified atom stereocenters. The number of aryl methyl sites for hydroxylation is 1. The first-order valence-electron chi connectivity index (χ1n) is 8.88. The van der Waals surface area contributed by atoms with E-state index >= 15 is 0 Å².